The third-order valence-electron chi connectivity index (χ3n) is 4.53. The third-order valence-corrected chi connectivity index (χ3v) is 4.53. The summed E-state index contributed by atoms with van der Waals surface area (Å²) >= 11 is 0. The van der Waals surface area contributed by atoms with Crippen LogP contribution in [0.4, 0.5) is 10.5 Å². The predicted molar refractivity (Wildman–Crippen MR) is 107 cm³/mol. The van der Waals surface area contributed by atoms with Crippen molar-refractivity contribution < 1.29 is 4.79 Å². The number of para-hydroxylation sites is 1. The second-order valence-electron chi connectivity index (χ2n) is 6.24. The molecule has 0 atom stereocenters. The minimum Gasteiger partial charge on any atom is -0.368 e. The number of nitrogens with zero attached hydrogens (tertiary/aromatic N) is 4. The maximum Gasteiger partial charge on any atom is 0.323 e. The number of carbonyl (C=O) groups is 1. The van der Waals surface area contributed by atoms with Gasteiger partial charge >= 0.3 is 6.03 Å². The Labute approximate surface area is 154 Å². The summed E-state index contributed by atoms with van der Waals surface area (Å²) in [5.41, 5.74) is 2.83. The Morgan fingerprint density at radius 3 is 2.15 bits per heavy atom. The molecule has 2 amide bonds. The van der Waals surface area contributed by atoms with Gasteiger partial charge in [0.1, 0.15) is 0 Å². The van der Waals surface area contributed by atoms with E-state index in [0.717, 1.165) is 18.7 Å². The SMILES string of the molecule is C=NC(=CN(C)C(=O)N1CCN(c2ccccc2)CC1)c1ccccc1. The summed E-state index contributed by atoms with van der Waals surface area (Å²) in [6.45, 7) is 6.70. The van der Waals surface area contributed by atoms with Gasteiger partial charge in [0.15, 0.2) is 0 Å². The molecule has 1 aliphatic rings. The summed E-state index contributed by atoms with van der Waals surface area (Å²) in [6, 6.07) is 20.0. The molecule has 0 N–H and O–H groups in total. The summed E-state index contributed by atoms with van der Waals surface area (Å²) in [5, 5.41) is 0. The minimum atomic E-state index is -0.0187. The van der Waals surface area contributed by atoms with Crippen molar-refractivity contribution in [3.05, 3.63) is 72.4 Å². The number of hydrogen-bond acceptors (Lipinski definition) is 3. The van der Waals surface area contributed by atoms with Crippen LogP contribution in [0, 0.1) is 0 Å². The first-order valence-electron chi connectivity index (χ1n) is 8.75. The van der Waals surface area contributed by atoms with Gasteiger partial charge in [-0.15, -0.1) is 0 Å². The summed E-state index contributed by atoms with van der Waals surface area (Å²) in [5.74, 6) is 0. The topological polar surface area (TPSA) is 39.2 Å². The quantitative estimate of drug-likeness (QED) is 0.793. The van der Waals surface area contributed by atoms with Crippen molar-refractivity contribution in [1.82, 2.24) is 9.80 Å². The number of benzene rings is 2. The average Bonchev–Trinajstić information content (AvgIpc) is 2.72. The van der Waals surface area contributed by atoms with Crippen LogP contribution in [0.2, 0.25) is 0 Å². The van der Waals surface area contributed by atoms with Gasteiger partial charge in [-0.3, -0.25) is 4.99 Å². The van der Waals surface area contributed by atoms with E-state index in [1.807, 2.05) is 53.4 Å². The van der Waals surface area contributed by atoms with Gasteiger partial charge in [0.25, 0.3) is 0 Å². The number of hydrogen-bond donors (Lipinski definition) is 0. The molecule has 1 heterocycles. The number of amides is 2. The Kier molecular flexibility index (Phi) is 5.69. The number of urea groups is 1. The van der Waals surface area contributed by atoms with Gasteiger partial charge in [-0.25, -0.2) is 4.79 Å². The van der Waals surface area contributed by atoms with E-state index in [-0.39, 0.29) is 6.03 Å². The van der Waals surface area contributed by atoms with E-state index in [1.165, 1.54) is 5.69 Å². The van der Waals surface area contributed by atoms with E-state index in [2.05, 4.69) is 28.7 Å². The van der Waals surface area contributed by atoms with Crippen LogP contribution in [0.15, 0.2) is 71.9 Å². The molecule has 0 bridgehead atoms. The maximum atomic E-state index is 12.8. The molecule has 0 unspecified atom stereocenters. The van der Waals surface area contributed by atoms with Crippen molar-refractivity contribution in [2.45, 2.75) is 0 Å². The van der Waals surface area contributed by atoms with Gasteiger partial charge < -0.3 is 14.7 Å². The number of carbonyl (C=O) groups excluding carboxylic acids is 1. The second kappa shape index (κ2) is 8.34. The molecule has 2 aromatic rings. The van der Waals surface area contributed by atoms with Crippen molar-refractivity contribution in [2.24, 2.45) is 4.99 Å². The maximum absolute atomic E-state index is 12.8. The van der Waals surface area contributed by atoms with E-state index in [4.69, 9.17) is 0 Å². The fraction of sp³-hybridized carbons (Fsp3) is 0.238. The lowest BCUT2D eigenvalue weighted by atomic mass is 10.2. The first-order chi connectivity index (χ1) is 12.7. The van der Waals surface area contributed by atoms with Crippen molar-refractivity contribution in [3.63, 3.8) is 0 Å². The molecular weight excluding hydrogens is 324 g/mol. The van der Waals surface area contributed by atoms with E-state index >= 15 is 0 Å². The van der Waals surface area contributed by atoms with Crippen LogP contribution in [0.5, 0.6) is 0 Å². The lowest BCUT2D eigenvalue weighted by molar-refractivity contribution is 0.173. The molecule has 5 heteroatoms. The number of piperazine rings is 1. The summed E-state index contributed by atoms with van der Waals surface area (Å²) in [4.78, 5) is 22.6. The second-order valence-corrected chi connectivity index (χ2v) is 6.24. The van der Waals surface area contributed by atoms with E-state index < -0.39 is 0 Å². The molecule has 3 rings (SSSR count). The van der Waals surface area contributed by atoms with E-state index in [1.54, 1.807) is 18.1 Å². The molecule has 0 saturated carbocycles. The standard InChI is InChI=1S/C21H24N4O/c1-22-20(18-9-5-3-6-10-18)17-23(2)21(26)25-15-13-24(14-16-25)19-11-7-4-8-12-19/h3-12,17H,1,13-16H2,2H3. The Hall–Kier alpha value is -3.08. The first-order valence-corrected chi connectivity index (χ1v) is 8.75. The van der Waals surface area contributed by atoms with Gasteiger partial charge in [-0.05, 0) is 18.9 Å². The molecule has 0 radical (unpaired) electrons. The highest BCUT2D eigenvalue weighted by Gasteiger charge is 2.23. The zero-order chi connectivity index (χ0) is 18.4. The van der Waals surface area contributed by atoms with Crippen LogP contribution < -0.4 is 4.90 Å². The van der Waals surface area contributed by atoms with Crippen LogP contribution >= 0.6 is 0 Å². The zero-order valence-electron chi connectivity index (χ0n) is 15.1. The Morgan fingerprint density at radius 1 is 1.00 bits per heavy atom. The van der Waals surface area contributed by atoms with Crippen LogP contribution in [0.1, 0.15) is 5.56 Å². The van der Waals surface area contributed by atoms with Gasteiger partial charge in [-0.2, -0.15) is 0 Å². The van der Waals surface area contributed by atoms with Crippen LogP contribution in [-0.2, 0) is 0 Å². The van der Waals surface area contributed by atoms with Crippen LogP contribution in [-0.4, -0.2) is 55.8 Å². The Morgan fingerprint density at radius 2 is 1.58 bits per heavy atom. The zero-order valence-corrected chi connectivity index (χ0v) is 15.1. The highest BCUT2D eigenvalue weighted by atomic mass is 16.2. The normalized spacial score (nSPS) is 14.9. The molecule has 0 aliphatic carbocycles. The molecule has 2 aromatic carbocycles. The highest BCUT2D eigenvalue weighted by molar-refractivity contribution is 5.78. The molecule has 0 aromatic heterocycles. The molecule has 26 heavy (non-hydrogen) atoms. The van der Waals surface area contributed by atoms with Gasteiger partial charge in [-0.1, -0.05) is 48.5 Å². The van der Waals surface area contributed by atoms with E-state index in [9.17, 15) is 4.79 Å². The van der Waals surface area contributed by atoms with Crippen molar-refractivity contribution >= 4 is 24.1 Å². The Bertz CT molecular complexity index is 765. The van der Waals surface area contributed by atoms with Crippen molar-refractivity contribution in [1.29, 1.82) is 0 Å². The number of rotatable bonds is 4. The van der Waals surface area contributed by atoms with Gasteiger partial charge in [0, 0.05) is 50.7 Å². The molecule has 134 valence electrons. The lowest BCUT2D eigenvalue weighted by Crippen LogP contribution is -2.51. The van der Waals surface area contributed by atoms with Gasteiger partial charge in [0.2, 0.25) is 0 Å². The highest BCUT2D eigenvalue weighted by Crippen LogP contribution is 2.18. The first kappa shape index (κ1) is 17.7. The van der Waals surface area contributed by atoms with Crippen molar-refractivity contribution in [2.75, 3.05) is 38.1 Å². The minimum absolute atomic E-state index is 0.0187. The molecule has 1 fully saturated rings. The number of anilines is 1. The summed E-state index contributed by atoms with van der Waals surface area (Å²) in [7, 11) is 1.76. The molecule has 1 saturated heterocycles. The van der Waals surface area contributed by atoms with Crippen LogP contribution in [0.25, 0.3) is 5.70 Å². The fourth-order valence-electron chi connectivity index (χ4n) is 3.07. The predicted octanol–water partition coefficient (Wildman–Crippen LogP) is 3.56. The Balaban J connectivity index is 1.62. The molecule has 1 aliphatic heterocycles. The summed E-state index contributed by atoms with van der Waals surface area (Å²) < 4.78 is 0. The fourth-order valence-corrected chi connectivity index (χ4v) is 3.07. The lowest BCUT2D eigenvalue weighted by Gasteiger charge is -2.37. The van der Waals surface area contributed by atoms with E-state index in [0.29, 0.717) is 18.8 Å². The smallest absolute Gasteiger partial charge is 0.323 e. The molecular formula is C21H24N4O. The number of aliphatic imine (C=N–C) groups is 1. The van der Waals surface area contributed by atoms with Crippen molar-refractivity contribution in [3.8, 4) is 0 Å². The third kappa shape index (κ3) is 4.11. The van der Waals surface area contributed by atoms with Crippen LogP contribution in [0.3, 0.4) is 0 Å². The molecule has 5 nitrogen and oxygen atoms in total. The average molecular weight is 348 g/mol. The van der Waals surface area contributed by atoms with Gasteiger partial charge in [0.05, 0.1) is 5.70 Å². The molecule has 0 spiro atoms. The monoisotopic (exact) mass is 348 g/mol. The largest absolute Gasteiger partial charge is 0.368 e. The summed E-state index contributed by atoms with van der Waals surface area (Å²) in [6.07, 6.45) is 1.74.